The quantitative estimate of drug-likeness (QED) is 0.848. The van der Waals surface area contributed by atoms with Gasteiger partial charge in [0.25, 0.3) is 5.91 Å². The molecule has 2 N–H and O–H groups in total. The predicted octanol–water partition coefficient (Wildman–Crippen LogP) is 1.29. The van der Waals surface area contributed by atoms with E-state index in [0.29, 0.717) is 18.0 Å². The lowest BCUT2D eigenvalue weighted by atomic mass is 9.96. The van der Waals surface area contributed by atoms with Crippen molar-refractivity contribution in [2.24, 2.45) is 5.92 Å². The smallest absolute Gasteiger partial charge is 0.345 e. The molecule has 1 aromatic heterocycles. The van der Waals surface area contributed by atoms with Gasteiger partial charge in [0.2, 0.25) is 0 Å². The Balaban J connectivity index is 2.09. The monoisotopic (exact) mass is 269 g/mol. The van der Waals surface area contributed by atoms with Gasteiger partial charge in [0.15, 0.2) is 0 Å². The molecule has 2 atom stereocenters. The zero-order valence-corrected chi connectivity index (χ0v) is 10.8. The van der Waals surface area contributed by atoms with Gasteiger partial charge in [-0.25, -0.2) is 4.79 Å². The second kappa shape index (κ2) is 5.07. The summed E-state index contributed by atoms with van der Waals surface area (Å²) in [5.74, 6) is -1.02. The van der Waals surface area contributed by atoms with Gasteiger partial charge in [0.1, 0.15) is 4.88 Å². The molecule has 5 nitrogen and oxygen atoms in total. The molecular formula is C12H15NO4S. The van der Waals surface area contributed by atoms with Crippen LogP contribution < -0.4 is 0 Å². The van der Waals surface area contributed by atoms with E-state index < -0.39 is 12.1 Å². The minimum atomic E-state index is -1.02. The number of aliphatic hydroxyl groups is 1. The number of piperidine rings is 1. The van der Waals surface area contributed by atoms with Crippen molar-refractivity contribution in [2.45, 2.75) is 19.4 Å². The van der Waals surface area contributed by atoms with Gasteiger partial charge in [-0.1, -0.05) is 6.92 Å². The maximum Gasteiger partial charge on any atom is 0.345 e. The van der Waals surface area contributed by atoms with Gasteiger partial charge in [-0.15, -0.1) is 11.3 Å². The van der Waals surface area contributed by atoms with Gasteiger partial charge < -0.3 is 15.1 Å². The number of carboxylic acids is 1. The van der Waals surface area contributed by atoms with Crippen LogP contribution in [0.3, 0.4) is 0 Å². The Kier molecular flexibility index (Phi) is 3.68. The van der Waals surface area contributed by atoms with Crippen LogP contribution in [0.1, 0.15) is 32.7 Å². The van der Waals surface area contributed by atoms with Crippen LogP contribution in [0.15, 0.2) is 12.1 Å². The number of likely N-dealkylation sites (tertiary alicyclic amines) is 1. The molecule has 2 rings (SSSR count). The van der Waals surface area contributed by atoms with Crippen LogP contribution in [0.2, 0.25) is 0 Å². The van der Waals surface area contributed by atoms with E-state index in [9.17, 15) is 14.7 Å². The topological polar surface area (TPSA) is 77.8 Å². The van der Waals surface area contributed by atoms with Crippen LogP contribution in [0.4, 0.5) is 0 Å². The van der Waals surface area contributed by atoms with E-state index in [-0.39, 0.29) is 16.7 Å². The lowest BCUT2D eigenvalue weighted by molar-refractivity contribution is 0.0251. The van der Waals surface area contributed by atoms with Crippen LogP contribution in [-0.2, 0) is 0 Å². The number of aromatic carboxylic acids is 1. The molecule has 1 aliphatic rings. The highest BCUT2D eigenvalue weighted by Gasteiger charge is 2.28. The molecule has 6 heteroatoms. The average molecular weight is 269 g/mol. The van der Waals surface area contributed by atoms with Crippen molar-refractivity contribution in [3.8, 4) is 0 Å². The summed E-state index contributed by atoms with van der Waals surface area (Å²) in [5, 5.41) is 18.6. The first-order chi connectivity index (χ1) is 8.49. The van der Waals surface area contributed by atoms with Crippen LogP contribution in [-0.4, -0.2) is 46.2 Å². The number of carboxylic acid groups (broad SMARTS) is 1. The van der Waals surface area contributed by atoms with Crippen LogP contribution in [0.5, 0.6) is 0 Å². The van der Waals surface area contributed by atoms with E-state index in [4.69, 9.17) is 5.11 Å². The summed E-state index contributed by atoms with van der Waals surface area (Å²) >= 11 is 0.972. The third kappa shape index (κ3) is 2.54. The zero-order chi connectivity index (χ0) is 13.3. The third-order valence-corrected chi connectivity index (χ3v) is 4.29. The number of rotatable bonds is 2. The molecule has 1 aliphatic heterocycles. The molecule has 2 unspecified atom stereocenters. The number of β-amino-alcohol motifs (C(OH)–C–C–N with tert-alkyl or cyclic N) is 1. The summed E-state index contributed by atoms with van der Waals surface area (Å²) in [6.45, 7) is 2.89. The van der Waals surface area contributed by atoms with E-state index in [1.807, 2.05) is 6.92 Å². The normalized spacial score (nSPS) is 24.0. The van der Waals surface area contributed by atoms with E-state index >= 15 is 0 Å². The average Bonchev–Trinajstić information content (AvgIpc) is 2.81. The maximum atomic E-state index is 12.1. The molecule has 0 aliphatic carbocycles. The molecule has 0 aromatic carbocycles. The van der Waals surface area contributed by atoms with Gasteiger partial charge in [-0.2, -0.15) is 0 Å². The Labute approximate surface area is 109 Å². The third-order valence-electron chi connectivity index (χ3n) is 3.23. The molecular weight excluding hydrogens is 254 g/mol. The van der Waals surface area contributed by atoms with Crippen LogP contribution >= 0.6 is 11.3 Å². The van der Waals surface area contributed by atoms with E-state index in [1.54, 1.807) is 4.90 Å². The number of carbonyl (C=O) groups is 2. The van der Waals surface area contributed by atoms with E-state index in [0.717, 1.165) is 17.8 Å². The van der Waals surface area contributed by atoms with Gasteiger partial charge in [0, 0.05) is 13.1 Å². The first kappa shape index (κ1) is 13.0. The van der Waals surface area contributed by atoms with Gasteiger partial charge in [-0.05, 0) is 24.5 Å². The summed E-state index contributed by atoms with van der Waals surface area (Å²) in [5.41, 5.74) is 0. The molecule has 98 valence electrons. The standard InChI is InChI=1S/C12H15NO4S/c1-7-4-5-13(6-8(7)14)11(15)9-2-3-10(18-9)12(16)17/h2-3,7-8,14H,4-6H2,1H3,(H,16,17). The number of amides is 1. The molecule has 0 bridgehead atoms. The fraction of sp³-hybridized carbons (Fsp3) is 0.500. The van der Waals surface area contributed by atoms with Crippen molar-refractivity contribution in [3.63, 3.8) is 0 Å². The largest absolute Gasteiger partial charge is 0.477 e. The highest BCUT2D eigenvalue weighted by atomic mass is 32.1. The SMILES string of the molecule is CC1CCN(C(=O)c2ccc(C(=O)O)s2)CC1O. The Hall–Kier alpha value is -1.40. The molecule has 1 fully saturated rings. The minimum absolute atomic E-state index is 0.157. The summed E-state index contributed by atoms with van der Waals surface area (Å²) in [4.78, 5) is 25.0. The summed E-state index contributed by atoms with van der Waals surface area (Å²) in [6, 6.07) is 2.96. The number of carbonyl (C=O) groups excluding carboxylic acids is 1. The van der Waals surface area contributed by atoms with Crippen molar-refractivity contribution in [3.05, 3.63) is 21.9 Å². The maximum absolute atomic E-state index is 12.1. The summed E-state index contributed by atoms with van der Waals surface area (Å²) < 4.78 is 0. The molecule has 0 spiro atoms. The van der Waals surface area contributed by atoms with Gasteiger partial charge >= 0.3 is 5.97 Å². The van der Waals surface area contributed by atoms with Gasteiger partial charge in [-0.3, -0.25) is 4.79 Å². The summed E-state index contributed by atoms with van der Waals surface area (Å²) in [7, 11) is 0. The number of thiophene rings is 1. The Morgan fingerprint density at radius 2 is 2.06 bits per heavy atom. The Bertz CT molecular complexity index is 470. The first-order valence-corrected chi connectivity index (χ1v) is 6.61. The number of hydrogen-bond donors (Lipinski definition) is 2. The summed E-state index contributed by atoms with van der Waals surface area (Å²) in [6.07, 6.45) is 0.269. The Morgan fingerprint density at radius 3 is 2.61 bits per heavy atom. The highest BCUT2D eigenvalue weighted by molar-refractivity contribution is 7.15. The Morgan fingerprint density at radius 1 is 1.39 bits per heavy atom. The minimum Gasteiger partial charge on any atom is -0.477 e. The van der Waals surface area contributed by atoms with Crippen molar-refractivity contribution in [1.82, 2.24) is 4.90 Å². The van der Waals surface area contributed by atoms with Crippen LogP contribution in [0, 0.1) is 5.92 Å². The first-order valence-electron chi connectivity index (χ1n) is 5.79. The van der Waals surface area contributed by atoms with Gasteiger partial charge in [0.05, 0.1) is 11.0 Å². The molecule has 0 radical (unpaired) electrons. The molecule has 1 saturated heterocycles. The fourth-order valence-electron chi connectivity index (χ4n) is 1.96. The molecule has 2 heterocycles. The van der Waals surface area contributed by atoms with E-state index in [1.165, 1.54) is 12.1 Å². The fourth-order valence-corrected chi connectivity index (χ4v) is 2.77. The van der Waals surface area contributed by atoms with Crippen LogP contribution in [0.25, 0.3) is 0 Å². The molecule has 1 amide bonds. The number of hydrogen-bond acceptors (Lipinski definition) is 4. The number of nitrogens with zero attached hydrogens (tertiary/aromatic N) is 1. The number of aliphatic hydroxyl groups excluding tert-OH is 1. The predicted molar refractivity (Wildman–Crippen MR) is 67.0 cm³/mol. The second-order valence-electron chi connectivity index (χ2n) is 4.55. The highest BCUT2D eigenvalue weighted by Crippen LogP contribution is 2.22. The second-order valence-corrected chi connectivity index (χ2v) is 5.64. The van der Waals surface area contributed by atoms with Crippen molar-refractivity contribution < 1.29 is 19.8 Å². The molecule has 1 aromatic rings. The van der Waals surface area contributed by atoms with Crippen molar-refractivity contribution in [2.75, 3.05) is 13.1 Å². The molecule has 0 saturated carbocycles. The molecule has 18 heavy (non-hydrogen) atoms. The lowest BCUT2D eigenvalue weighted by Gasteiger charge is -2.34. The van der Waals surface area contributed by atoms with Crippen molar-refractivity contribution in [1.29, 1.82) is 0 Å². The van der Waals surface area contributed by atoms with Crippen molar-refractivity contribution >= 4 is 23.2 Å². The lowest BCUT2D eigenvalue weighted by Crippen LogP contribution is -2.45. The zero-order valence-electron chi connectivity index (χ0n) is 10.00. The van der Waals surface area contributed by atoms with E-state index in [2.05, 4.69) is 0 Å².